The molecule has 8 heteroatoms. The van der Waals surface area contributed by atoms with Gasteiger partial charge in [-0.05, 0) is 19.3 Å². The van der Waals surface area contributed by atoms with E-state index in [-0.39, 0.29) is 36.4 Å². The number of carbonyl (C=O) groups is 3. The molecule has 0 aliphatic carbocycles. The monoisotopic (exact) mass is 327 g/mol. The molecular weight excluding hydrogens is 306 g/mol. The number of aromatic nitrogens is 1. The third-order valence-corrected chi connectivity index (χ3v) is 3.93. The van der Waals surface area contributed by atoms with Crippen molar-refractivity contribution >= 4 is 34.3 Å². The molecule has 0 unspecified atom stereocenters. The van der Waals surface area contributed by atoms with E-state index >= 15 is 0 Å². The van der Waals surface area contributed by atoms with Gasteiger partial charge in [-0.3, -0.25) is 14.4 Å². The number of hydrogen-bond acceptors (Lipinski definition) is 5. The standard InChI is InChI=1S/C14H21N3O4S/c1-3-9(4-2)12(20)17-14-16-10(8-22-14)13(21)15-7-5-6-11(18)19/h8-9H,3-7H2,1-2H3,(H,15,21)(H,18,19)(H,16,17,20). The van der Waals surface area contributed by atoms with Crippen LogP contribution in [0.15, 0.2) is 5.38 Å². The van der Waals surface area contributed by atoms with E-state index in [0.29, 0.717) is 11.6 Å². The number of amides is 2. The van der Waals surface area contributed by atoms with Crippen molar-refractivity contribution in [3.8, 4) is 0 Å². The van der Waals surface area contributed by atoms with Gasteiger partial charge in [0, 0.05) is 24.3 Å². The van der Waals surface area contributed by atoms with Gasteiger partial charge in [-0.2, -0.15) is 0 Å². The number of thiazole rings is 1. The van der Waals surface area contributed by atoms with Crippen LogP contribution in [0, 0.1) is 5.92 Å². The third kappa shape index (κ3) is 5.80. The van der Waals surface area contributed by atoms with E-state index in [1.54, 1.807) is 5.38 Å². The van der Waals surface area contributed by atoms with Gasteiger partial charge in [-0.25, -0.2) is 4.98 Å². The highest BCUT2D eigenvalue weighted by atomic mass is 32.1. The van der Waals surface area contributed by atoms with Crippen LogP contribution in [0.1, 0.15) is 50.0 Å². The van der Waals surface area contributed by atoms with Crippen LogP contribution in [0.3, 0.4) is 0 Å². The Morgan fingerprint density at radius 2 is 2.00 bits per heavy atom. The van der Waals surface area contributed by atoms with Gasteiger partial charge in [0.2, 0.25) is 5.91 Å². The van der Waals surface area contributed by atoms with Gasteiger partial charge in [0.15, 0.2) is 5.13 Å². The SMILES string of the molecule is CCC(CC)C(=O)Nc1nc(C(=O)NCCCC(=O)O)cs1. The predicted molar refractivity (Wildman–Crippen MR) is 84.0 cm³/mol. The van der Waals surface area contributed by atoms with Gasteiger partial charge in [-0.15, -0.1) is 11.3 Å². The van der Waals surface area contributed by atoms with Crippen LogP contribution in [-0.2, 0) is 9.59 Å². The van der Waals surface area contributed by atoms with Crippen LogP contribution in [-0.4, -0.2) is 34.4 Å². The fourth-order valence-corrected chi connectivity index (χ4v) is 2.53. The largest absolute Gasteiger partial charge is 0.481 e. The molecule has 0 aromatic carbocycles. The molecule has 0 atom stereocenters. The number of carboxylic acids is 1. The molecule has 7 nitrogen and oxygen atoms in total. The summed E-state index contributed by atoms with van der Waals surface area (Å²) in [5.74, 6) is -1.41. The zero-order chi connectivity index (χ0) is 16.5. The second kappa shape index (κ2) is 9.14. The Bertz CT molecular complexity index is 526. The second-order valence-corrected chi connectivity index (χ2v) is 5.65. The summed E-state index contributed by atoms with van der Waals surface area (Å²) in [5.41, 5.74) is 0.222. The quantitative estimate of drug-likeness (QED) is 0.602. The van der Waals surface area contributed by atoms with Crippen molar-refractivity contribution in [1.29, 1.82) is 0 Å². The summed E-state index contributed by atoms with van der Waals surface area (Å²) in [5, 5.41) is 15.8. The van der Waals surface area contributed by atoms with Gasteiger partial charge >= 0.3 is 5.97 Å². The van der Waals surface area contributed by atoms with Crippen LogP contribution >= 0.6 is 11.3 Å². The van der Waals surface area contributed by atoms with E-state index in [0.717, 1.165) is 12.8 Å². The Hall–Kier alpha value is -1.96. The van der Waals surface area contributed by atoms with E-state index in [1.807, 2.05) is 13.8 Å². The Balaban J connectivity index is 2.47. The number of carbonyl (C=O) groups excluding carboxylic acids is 2. The molecule has 1 aromatic rings. The number of hydrogen-bond donors (Lipinski definition) is 3. The summed E-state index contributed by atoms with van der Waals surface area (Å²) in [6, 6.07) is 0. The Kier molecular flexibility index (Phi) is 7.51. The minimum absolute atomic E-state index is 0.00801. The highest BCUT2D eigenvalue weighted by Crippen LogP contribution is 2.18. The normalized spacial score (nSPS) is 10.5. The van der Waals surface area contributed by atoms with E-state index in [2.05, 4.69) is 15.6 Å². The summed E-state index contributed by atoms with van der Waals surface area (Å²) in [7, 11) is 0. The molecule has 0 aliphatic heterocycles. The molecule has 1 rings (SSSR count). The fraction of sp³-hybridized carbons (Fsp3) is 0.571. The molecule has 0 spiro atoms. The molecule has 0 saturated carbocycles. The Labute approximate surface area is 133 Å². The maximum absolute atomic E-state index is 11.9. The van der Waals surface area contributed by atoms with Crippen molar-refractivity contribution in [2.24, 2.45) is 5.92 Å². The molecular formula is C14H21N3O4S. The van der Waals surface area contributed by atoms with Crippen LogP contribution < -0.4 is 10.6 Å². The summed E-state index contributed by atoms with van der Waals surface area (Å²) >= 11 is 1.19. The molecule has 22 heavy (non-hydrogen) atoms. The average Bonchev–Trinajstić information content (AvgIpc) is 2.93. The second-order valence-electron chi connectivity index (χ2n) is 4.79. The molecule has 0 saturated heterocycles. The lowest BCUT2D eigenvalue weighted by atomic mass is 10.0. The number of anilines is 1. The van der Waals surface area contributed by atoms with Crippen LogP contribution in [0.4, 0.5) is 5.13 Å². The first kappa shape index (κ1) is 18.1. The van der Waals surface area contributed by atoms with E-state index < -0.39 is 5.97 Å². The fourth-order valence-electron chi connectivity index (χ4n) is 1.83. The third-order valence-electron chi connectivity index (χ3n) is 3.18. The molecule has 2 amide bonds. The molecule has 0 radical (unpaired) electrons. The van der Waals surface area contributed by atoms with Gasteiger partial charge in [-0.1, -0.05) is 13.8 Å². The molecule has 3 N–H and O–H groups in total. The van der Waals surface area contributed by atoms with Gasteiger partial charge in [0.1, 0.15) is 5.69 Å². The molecule has 122 valence electrons. The molecule has 1 aromatic heterocycles. The summed E-state index contributed by atoms with van der Waals surface area (Å²) in [6.45, 7) is 4.18. The summed E-state index contributed by atoms with van der Waals surface area (Å²) in [6.07, 6.45) is 1.88. The van der Waals surface area contributed by atoms with Gasteiger partial charge < -0.3 is 15.7 Å². The first-order chi connectivity index (χ1) is 10.5. The van der Waals surface area contributed by atoms with Gasteiger partial charge in [0.25, 0.3) is 5.91 Å². The molecule has 0 aliphatic rings. The molecule has 1 heterocycles. The van der Waals surface area contributed by atoms with Crippen LogP contribution in [0.25, 0.3) is 0 Å². The average molecular weight is 327 g/mol. The smallest absolute Gasteiger partial charge is 0.303 e. The van der Waals surface area contributed by atoms with Crippen molar-refractivity contribution in [2.45, 2.75) is 39.5 Å². The highest BCUT2D eigenvalue weighted by Gasteiger charge is 2.17. The Morgan fingerprint density at radius 1 is 1.32 bits per heavy atom. The minimum atomic E-state index is -0.894. The number of carboxylic acid groups (broad SMARTS) is 1. The van der Waals surface area contributed by atoms with Crippen molar-refractivity contribution in [3.05, 3.63) is 11.1 Å². The summed E-state index contributed by atoms with van der Waals surface area (Å²) in [4.78, 5) is 38.2. The minimum Gasteiger partial charge on any atom is -0.481 e. The molecule has 0 fully saturated rings. The number of nitrogens with zero attached hydrogens (tertiary/aromatic N) is 1. The lowest BCUT2D eigenvalue weighted by molar-refractivity contribution is -0.137. The van der Waals surface area contributed by atoms with Crippen molar-refractivity contribution in [2.75, 3.05) is 11.9 Å². The lowest BCUT2D eigenvalue weighted by Crippen LogP contribution is -2.25. The van der Waals surface area contributed by atoms with Gasteiger partial charge in [0.05, 0.1) is 0 Å². The van der Waals surface area contributed by atoms with Crippen LogP contribution in [0.5, 0.6) is 0 Å². The number of aliphatic carboxylic acids is 1. The number of nitrogens with one attached hydrogen (secondary N) is 2. The van der Waals surface area contributed by atoms with Crippen molar-refractivity contribution in [1.82, 2.24) is 10.3 Å². The van der Waals surface area contributed by atoms with Crippen molar-refractivity contribution < 1.29 is 19.5 Å². The highest BCUT2D eigenvalue weighted by molar-refractivity contribution is 7.14. The first-order valence-corrected chi connectivity index (χ1v) is 8.12. The number of rotatable bonds is 9. The zero-order valence-corrected chi connectivity index (χ0v) is 13.5. The van der Waals surface area contributed by atoms with E-state index in [4.69, 9.17) is 5.11 Å². The van der Waals surface area contributed by atoms with E-state index in [1.165, 1.54) is 11.3 Å². The van der Waals surface area contributed by atoms with E-state index in [9.17, 15) is 14.4 Å². The first-order valence-electron chi connectivity index (χ1n) is 7.24. The van der Waals surface area contributed by atoms with Crippen LogP contribution in [0.2, 0.25) is 0 Å². The topological polar surface area (TPSA) is 108 Å². The maximum atomic E-state index is 11.9. The summed E-state index contributed by atoms with van der Waals surface area (Å²) < 4.78 is 0. The lowest BCUT2D eigenvalue weighted by Gasteiger charge is -2.10. The molecule has 0 bridgehead atoms. The maximum Gasteiger partial charge on any atom is 0.303 e. The Morgan fingerprint density at radius 3 is 2.59 bits per heavy atom. The van der Waals surface area contributed by atoms with Crippen molar-refractivity contribution in [3.63, 3.8) is 0 Å². The zero-order valence-electron chi connectivity index (χ0n) is 12.7. The predicted octanol–water partition coefficient (Wildman–Crippen LogP) is 2.11.